The summed E-state index contributed by atoms with van der Waals surface area (Å²) in [6.45, 7) is 7.36. The number of likely N-dealkylation sites (N-methyl/N-ethyl adjacent to an activating group) is 1. The third-order valence-electron chi connectivity index (χ3n) is 6.28. The van der Waals surface area contributed by atoms with E-state index in [0.717, 1.165) is 17.7 Å². The van der Waals surface area contributed by atoms with Crippen molar-refractivity contribution in [2.75, 3.05) is 20.6 Å². The molecule has 0 bridgehead atoms. The van der Waals surface area contributed by atoms with E-state index in [2.05, 4.69) is 107 Å². The molecule has 2 heteroatoms. The zero-order valence-corrected chi connectivity index (χ0v) is 18.6. The summed E-state index contributed by atoms with van der Waals surface area (Å²) in [4.78, 5) is 2.19. The molecular formula is C28H30N2. The number of rotatable bonds is 5. The minimum Gasteiger partial charge on any atom is -0.305 e. The normalized spacial score (nSPS) is 15.8. The van der Waals surface area contributed by atoms with E-state index in [1.165, 1.54) is 38.6 Å². The first-order valence-corrected chi connectivity index (χ1v) is 10.6. The van der Waals surface area contributed by atoms with Crippen LogP contribution in [0.2, 0.25) is 0 Å². The van der Waals surface area contributed by atoms with Crippen LogP contribution in [0.1, 0.15) is 39.3 Å². The average Bonchev–Trinajstić information content (AvgIpc) is 3.18. The van der Waals surface area contributed by atoms with Crippen molar-refractivity contribution in [2.24, 2.45) is 0 Å². The Balaban J connectivity index is 1.86. The fraction of sp³-hybridized carbons (Fsp3) is 0.250. The third kappa shape index (κ3) is 3.76. The van der Waals surface area contributed by atoms with Gasteiger partial charge in [-0.15, -0.1) is 0 Å². The highest BCUT2D eigenvalue weighted by molar-refractivity contribution is 6.14. The maximum Gasteiger partial charge on any atom is 0.0690 e. The number of allylic oxidation sites excluding steroid dienone is 2. The Morgan fingerprint density at radius 3 is 2.30 bits per heavy atom. The van der Waals surface area contributed by atoms with Crippen LogP contribution in [0.4, 0.5) is 0 Å². The fourth-order valence-corrected chi connectivity index (χ4v) is 4.36. The topological polar surface area (TPSA) is 27.1 Å². The van der Waals surface area contributed by atoms with Gasteiger partial charge in [-0.05, 0) is 85.6 Å². The van der Waals surface area contributed by atoms with Gasteiger partial charge in [-0.3, -0.25) is 5.41 Å². The van der Waals surface area contributed by atoms with E-state index in [1.807, 2.05) is 0 Å². The number of hydrogen-bond acceptors (Lipinski definition) is 2. The van der Waals surface area contributed by atoms with Gasteiger partial charge in [0.05, 0.1) is 5.71 Å². The Labute approximate surface area is 180 Å². The predicted octanol–water partition coefficient (Wildman–Crippen LogP) is 6.32. The lowest BCUT2D eigenvalue weighted by atomic mass is 9.86. The van der Waals surface area contributed by atoms with Crippen LogP contribution >= 0.6 is 0 Å². The molecule has 0 saturated heterocycles. The van der Waals surface area contributed by atoms with Crippen molar-refractivity contribution >= 4 is 16.5 Å². The summed E-state index contributed by atoms with van der Waals surface area (Å²) < 4.78 is 0. The van der Waals surface area contributed by atoms with Gasteiger partial charge in [-0.1, -0.05) is 54.6 Å². The number of hydrogen-bond donors (Lipinski definition) is 1. The Morgan fingerprint density at radius 2 is 1.60 bits per heavy atom. The highest BCUT2D eigenvalue weighted by Gasteiger charge is 2.21. The molecule has 0 amide bonds. The molecule has 0 saturated carbocycles. The standard InChI is InChI=1S/C28H30N2/c1-18-10-13-25(20(3)19(18)2)28(29)27-16-23-9-7-6-8-22(23)15-26(27)24-12-11-21(14-24)17-30(4)5/h6-16,24,29H,17H2,1-5H3. The Kier molecular flexibility index (Phi) is 5.44. The second-order valence-electron chi connectivity index (χ2n) is 8.71. The SMILES string of the molecule is Cc1ccc(C(=N)c2cc3ccccc3cc2C2C=CC(CN(C)C)=C2)c(C)c1C. The van der Waals surface area contributed by atoms with E-state index in [1.54, 1.807) is 0 Å². The van der Waals surface area contributed by atoms with Crippen LogP contribution in [0.5, 0.6) is 0 Å². The summed E-state index contributed by atoms with van der Waals surface area (Å²) in [5.41, 5.74) is 8.95. The number of nitrogens with zero attached hydrogens (tertiary/aromatic N) is 1. The van der Waals surface area contributed by atoms with Crippen LogP contribution in [0.3, 0.4) is 0 Å². The summed E-state index contributed by atoms with van der Waals surface area (Å²) in [7, 11) is 4.20. The highest BCUT2D eigenvalue weighted by Crippen LogP contribution is 2.34. The van der Waals surface area contributed by atoms with Crippen LogP contribution < -0.4 is 0 Å². The van der Waals surface area contributed by atoms with E-state index in [4.69, 9.17) is 5.41 Å². The first-order valence-electron chi connectivity index (χ1n) is 10.6. The molecule has 30 heavy (non-hydrogen) atoms. The predicted molar refractivity (Wildman–Crippen MR) is 129 cm³/mol. The second-order valence-corrected chi connectivity index (χ2v) is 8.71. The van der Waals surface area contributed by atoms with E-state index in [9.17, 15) is 0 Å². The van der Waals surface area contributed by atoms with Crippen molar-refractivity contribution in [3.63, 3.8) is 0 Å². The van der Waals surface area contributed by atoms with Gasteiger partial charge >= 0.3 is 0 Å². The van der Waals surface area contributed by atoms with Gasteiger partial charge in [0.25, 0.3) is 0 Å². The van der Waals surface area contributed by atoms with Crippen molar-refractivity contribution < 1.29 is 0 Å². The van der Waals surface area contributed by atoms with Gasteiger partial charge in [0, 0.05) is 23.6 Å². The van der Waals surface area contributed by atoms with Crippen LogP contribution in [-0.2, 0) is 0 Å². The van der Waals surface area contributed by atoms with Gasteiger partial charge in [-0.2, -0.15) is 0 Å². The molecule has 0 spiro atoms. The van der Waals surface area contributed by atoms with E-state index in [-0.39, 0.29) is 5.92 Å². The van der Waals surface area contributed by atoms with Crippen molar-refractivity contribution in [3.05, 3.63) is 106 Å². The van der Waals surface area contributed by atoms with Crippen LogP contribution in [0.25, 0.3) is 10.8 Å². The highest BCUT2D eigenvalue weighted by atomic mass is 15.0. The van der Waals surface area contributed by atoms with Crippen molar-refractivity contribution in [1.82, 2.24) is 4.90 Å². The summed E-state index contributed by atoms with van der Waals surface area (Å²) in [6.07, 6.45) is 6.84. The molecule has 3 aromatic carbocycles. The van der Waals surface area contributed by atoms with Crippen molar-refractivity contribution in [3.8, 4) is 0 Å². The Bertz CT molecular complexity index is 1190. The summed E-state index contributed by atoms with van der Waals surface area (Å²) in [6, 6.07) is 17.2. The van der Waals surface area contributed by atoms with Gasteiger partial charge in [0.15, 0.2) is 0 Å². The van der Waals surface area contributed by atoms with Crippen molar-refractivity contribution in [2.45, 2.75) is 26.7 Å². The number of benzene rings is 3. The monoisotopic (exact) mass is 394 g/mol. The molecule has 1 N–H and O–H groups in total. The lowest BCUT2D eigenvalue weighted by Crippen LogP contribution is -2.14. The van der Waals surface area contributed by atoms with E-state index in [0.29, 0.717) is 5.71 Å². The number of aryl methyl sites for hydroxylation is 1. The molecule has 1 aliphatic rings. The summed E-state index contributed by atoms with van der Waals surface area (Å²) in [5.74, 6) is 0.201. The fourth-order valence-electron chi connectivity index (χ4n) is 4.36. The van der Waals surface area contributed by atoms with E-state index < -0.39 is 0 Å². The van der Waals surface area contributed by atoms with Gasteiger partial charge in [-0.25, -0.2) is 0 Å². The number of fused-ring (bicyclic) bond motifs is 1. The molecule has 0 aromatic heterocycles. The molecule has 1 unspecified atom stereocenters. The molecule has 0 heterocycles. The molecule has 4 rings (SSSR count). The average molecular weight is 395 g/mol. The molecule has 0 fully saturated rings. The quantitative estimate of drug-likeness (QED) is 0.504. The first kappa shape index (κ1) is 20.3. The third-order valence-corrected chi connectivity index (χ3v) is 6.28. The zero-order chi connectivity index (χ0) is 21.4. The van der Waals surface area contributed by atoms with Gasteiger partial charge < -0.3 is 4.90 Å². The first-order chi connectivity index (χ1) is 14.3. The van der Waals surface area contributed by atoms with Gasteiger partial charge in [0.1, 0.15) is 0 Å². The molecule has 3 aromatic rings. The smallest absolute Gasteiger partial charge is 0.0690 e. The van der Waals surface area contributed by atoms with Crippen molar-refractivity contribution in [1.29, 1.82) is 5.41 Å². The lowest BCUT2D eigenvalue weighted by Gasteiger charge is -2.18. The Hall–Kier alpha value is -2.97. The maximum atomic E-state index is 9.17. The van der Waals surface area contributed by atoms with E-state index >= 15 is 0 Å². The second kappa shape index (κ2) is 8.04. The molecule has 0 aliphatic heterocycles. The zero-order valence-electron chi connectivity index (χ0n) is 18.6. The summed E-state index contributed by atoms with van der Waals surface area (Å²) in [5, 5.41) is 11.6. The minimum absolute atomic E-state index is 0.201. The minimum atomic E-state index is 0.201. The largest absolute Gasteiger partial charge is 0.305 e. The van der Waals surface area contributed by atoms with Gasteiger partial charge in [0.2, 0.25) is 0 Å². The molecule has 1 aliphatic carbocycles. The van der Waals surface area contributed by atoms with Crippen LogP contribution in [0.15, 0.2) is 72.3 Å². The summed E-state index contributed by atoms with van der Waals surface area (Å²) >= 11 is 0. The molecule has 2 nitrogen and oxygen atoms in total. The number of nitrogens with one attached hydrogen (secondary N) is 1. The molecule has 0 radical (unpaired) electrons. The molecular weight excluding hydrogens is 364 g/mol. The van der Waals surface area contributed by atoms with Crippen LogP contribution in [-0.4, -0.2) is 31.3 Å². The lowest BCUT2D eigenvalue weighted by molar-refractivity contribution is 0.449. The maximum absolute atomic E-state index is 9.17. The molecule has 1 atom stereocenters. The molecule has 152 valence electrons. The van der Waals surface area contributed by atoms with Crippen LogP contribution in [0, 0.1) is 26.2 Å². The Morgan fingerprint density at radius 1 is 0.900 bits per heavy atom.